The molecule has 1 unspecified atom stereocenters. The molecule has 5 rings (SSSR count). The normalized spacial score (nSPS) is 20.8. The zero-order valence-electron chi connectivity index (χ0n) is 16.8. The number of aromatic nitrogens is 5. The molecule has 1 saturated carbocycles. The molecule has 4 aromatic rings. The molecule has 156 valence electrons. The molecular formula is C22H24F2N6. The van der Waals surface area contributed by atoms with Gasteiger partial charge in [0.15, 0.2) is 11.6 Å². The molecule has 30 heavy (non-hydrogen) atoms. The number of fused-ring (bicyclic) bond motifs is 3. The van der Waals surface area contributed by atoms with Gasteiger partial charge in [-0.3, -0.25) is 0 Å². The van der Waals surface area contributed by atoms with E-state index in [2.05, 4.69) is 25.6 Å². The summed E-state index contributed by atoms with van der Waals surface area (Å²) in [5, 5.41) is 13.3. The van der Waals surface area contributed by atoms with Gasteiger partial charge in [0.1, 0.15) is 17.5 Å². The molecule has 1 aliphatic rings. The van der Waals surface area contributed by atoms with Gasteiger partial charge in [-0.1, -0.05) is 11.3 Å². The molecule has 0 amide bonds. The van der Waals surface area contributed by atoms with Crippen molar-refractivity contribution in [2.24, 2.45) is 5.92 Å². The maximum atomic E-state index is 13.5. The lowest BCUT2D eigenvalue weighted by atomic mass is 9.80. The predicted molar refractivity (Wildman–Crippen MR) is 110 cm³/mol. The van der Waals surface area contributed by atoms with Gasteiger partial charge in [0.25, 0.3) is 0 Å². The van der Waals surface area contributed by atoms with Crippen molar-refractivity contribution in [1.29, 1.82) is 0 Å². The Labute approximate surface area is 172 Å². The third-order valence-corrected chi connectivity index (χ3v) is 6.39. The molecule has 3 aromatic heterocycles. The minimum absolute atomic E-state index is 0.0199. The number of H-pyrrole nitrogens is 1. The van der Waals surface area contributed by atoms with Crippen molar-refractivity contribution in [1.82, 2.24) is 30.1 Å². The summed E-state index contributed by atoms with van der Waals surface area (Å²) in [4.78, 5) is 7.52. The zero-order chi connectivity index (χ0) is 20.7. The van der Waals surface area contributed by atoms with Crippen molar-refractivity contribution < 1.29 is 8.78 Å². The number of benzene rings is 1. The topological polar surface area (TPSA) is 70.9 Å². The molecule has 6 nitrogen and oxygen atoms in total. The van der Waals surface area contributed by atoms with Gasteiger partial charge in [0, 0.05) is 23.5 Å². The van der Waals surface area contributed by atoms with Gasteiger partial charge < -0.3 is 10.3 Å². The molecule has 8 heteroatoms. The Morgan fingerprint density at radius 2 is 2.00 bits per heavy atom. The highest BCUT2D eigenvalue weighted by Gasteiger charge is 2.27. The van der Waals surface area contributed by atoms with Crippen molar-refractivity contribution in [3.8, 4) is 0 Å². The minimum Gasteiger partial charge on any atom is -0.346 e. The molecule has 1 aliphatic carbocycles. The predicted octanol–water partition coefficient (Wildman–Crippen LogP) is 4.51. The number of rotatable bonds is 5. The first-order chi connectivity index (χ1) is 14.6. The van der Waals surface area contributed by atoms with Gasteiger partial charge in [-0.15, -0.1) is 5.10 Å². The van der Waals surface area contributed by atoms with Crippen molar-refractivity contribution in [3.63, 3.8) is 0 Å². The van der Waals surface area contributed by atoms with Crippen LogP contribution in [0.5, 0.6) is 0 Å². The van der Waals surface area contributed by atoms with Gasteiger partial charge in [0.05, 0.1) is 5.69 Å². The fourth-order valence-electron chi connectivity index (χ4n) is 4.58. The standard InChI is InChI=1S/C22H24F2N6/c1-13(16-6-7-18(23)19(24)10-16)26-11-14-2-4-15(5-3-14)20-21-17-8-9-25-22(17)27-12-30(21)29-28-20/h6-10,12-15,25-26H,2-5,11H2,1H3. The van der Waals surface area contributed by atoms with Crippen molar-refractivity contribution in [2.75, 3.05) is 6.54 Å². The van der Waals surface area contributed by atoms with Crippen LogP contribution in [0, 0.1) is 17.6 Å². The molecule has 3 heterocycles. The first kappa shape index (κ1) is 19.1. The van der Waals surface area contributed by atoms with Gasteiger partial charge in [-0.25, -0.2) is 18.3 Å². The highest BCUT2D eigenvalue weighted by molar-refractivity contribution is 5.92. The van der Waals surface area contributed by atoms with Gasteiger partial charge in [-0.05, 0) is 68.8 Å². The van der Waals surface area contributed by atoms with E-state index in [-0.39, 0.29) is 6.04 Å². The summed E-state index contributed by atoms with van der Waals surface area (Å²) in [5.74, 6) is -0.653. The molecule has 1 atom stereocenters. The monoisotopic (exact) mass is 410 g/mol. The van der Waals surface area contributed by atoms with E-state index >= 15 is 0 Å². The summed E-state index contributed by atoms with van der Waals surface area (Å²) in [6, 6.07) is 6.11. The first-order valence-corrected chi connectivity index (χ1v) is 10.5. The number of hydrogen-bond donors (Lipinski definition) is 2. The Hall–Kier alpha value is -2.87. The van der Waals surface area contributed by atoms with Crippen molar-refractivity contribution >= 4 is 16.6 Å². The summed E-state index contributed by atoms with van der Waals surface area (Å²) in [6.07, 6.45) is 7.93. The van der Waals surface area contributed by atoms with Crippen LogP contribution in [-0.2, 0) is 0 Å². The van der Waals surface area contributed by atoms with Crippen LogP contribution in [0.3, 0.4) is 0 Å². The van der Waals surface area contributed by atoms with E-state index in [9.17, 15) is 8.78 Å². The number of aromatic amines is 1. The maximum absolute atomic E-state index is 13.5. The van der Waals surface area contributed by atoms with Crippen LogP contribution in [0.4, 0.5) is 8.78 Å². The van der Waals surface area contributed by atoms with Crippen LogP contribution in [0.2, 0.25) is 0 Å². The average Bonchev–Trinajstić information content (AvgIpc) is 3.40. The Morgan fingerprint density at radius 1 is 1.17 bits per heavy atom. The van der Waals surface area contributed by atoms with Crippen LogP contribution < -0.4 is 5.32 Å². The molecule has 0 spiro atoms. The minimum atomic E-state index is -0.807. The Morgan fingerprint density at radius 3 is 2.80 bits per heavy atom. The van der Waals surface area contributed by atoms with Crippen molar-refractivity contribution in [2.45, 2.75) is 44.6 Å². The molecule has 0 saturated heterocycles. The SMILES string of the molecule is CC(NCC1CCC(c2nnn3cnc4[nH]ccc4c23)CC1)c1ccc(F)c(F)c1. The summed E-state index contributed by atoms with van der Waals surface area (Å²) in [7, 11) is 0. The molecule has 1 aromatic carbocycles. The lowest BCUT2D eigenvalue weighted by Gasteiger charge is -2.29. The largest absolute Gasteiger partial charge is 0.346 e. The van der Waals surface area contributed by atoms with Crippen LogP contribution in [0.1, 0.15) is 55.8 Å². The number of nitrogens with one attached hydrogen (secondary N) is 2. The third kappa shape index (κ3) is 3.45. The number of nitrogens with zero attached hydrogens (tertiary/aromatic N) is 4. The van der Waals surface area contributed by atoms with E-state index in [0.717, 1.165) is 60.0 Å². The second kappa shape index (κ2) is 7.75. The fourth-order valence-corrected chi connectivity index (χ4v) is 4.58. The second-order valence-corrected chi connectivity index (χ2v) is 8.27. The molecule has 2 N–H and O–H groups in total. The van der Waals surface area contributed by atoms with Gasteiger partial charge in [-0.2, -0.15) is 0 Å². The Balaban J connectivity index is 1.22. The zero-order valence-corrected chi connectivity index (χ0v) is 16.8. The highest BCUT2D eigenvalue weighted by atomic mass is 19.2. The van der Waals surface area contributed by atoms with Crippen LogP contribution in [-0.4, -0.2) is 31.3 Å². The lowest BCUT2D eigenvalue weighted by Crippen LogP contribution is -2.28. The molecule has 0 aliphatic heterocycles. The smallest absolute Gasteiger partial charge is 0.159 e. The molecule has 0 radical (unpaired) electrons. The molecule has 0 bridgehead atoms. The van der Waals surface area contributed by atoms with E-state index in [1.54, 1.807) is 16.9 Å². The lowest BCUT2D eigenvalue weighted by molar-refractivity contribution is 0.304. The summed E-state index contributed by atoms with van der Waals surface area (Å²) in [5.41, 5.74) is 3.73. The fraction of sp³-hybridized carbons (Fsp3) is 0.409. The quantitative estimate of drug-likeness (QED) is 0.508. The van der Waals surface area contributed by atoms with Crippen LogP contribution in [0.25, 0.3) is 16.6 Å². The summed E-state index contributed by atoms with van der Waals surface area (Å²) < 4.78 is 28.4. The van der Waals surface area contributed by atoms with E-state index in [4.69, 9.17) is 0 Å². The summed E-state index contributed by atoms with van der Waals surface area (Å²) >= 11 is 0. The number of hydrogen-bond acceptors (Lipinski definition) is 4. The Kier molecular flexibility index (Phi) is 4.94. The first-order valence-electron chi connectivity index (χ1n) is 10.5. The Bertz CT molecular complexity index is 1180. The third-order valence-electron chi connectivity index (χ3n) is 6.39. The van der Waals surface area contributed by atoms with Crippen LogP contribution >= 0.6 is 0 Å². The van der Waals surface area contributed by atoms with E-state index in [0.29, 0.717) is 11.8 Å². The average molecular weight is 410 g/mol. The second-order valence-electron chi connectivity index (χ2n) is 8.27. The molecular weight excluding hydrogens is 386 g/mol. The number of halogens is 2. The maximum Gasteiger partial charge on any atom is 0.159 e. The van der Waals surface area contributed by atoms with Gasteiger partial charge in [0.2, 0.25) is 0 Å². The molecule has 1 fully saturated rings. The summed E-state index contributed by atoms with van der Waals surface area (Å²) in [6.45, 7) is 2.85. The van der Waals surface area contributed by atoms with Gasteiger partial charge >= 0.3 is 0 Å². The van der Waals surface area contributed by atoms with Crippen molar-refractivity contribution in [3.05, 3.63) is 59.7 Å². The van der Waals surface area contributed by atoms with E-state index in [1.807, 2.05) is 19.2 Å². The van der Waals surface area contributed by atoms with E-state index in [1.165, 1.54) is 12.1 Å². The van der Waals surface area contributed by atoms with Crippen LogP contribution in [0.15, 0.2) is 36.8 Å². The highest BCUT2D eigenvalue weighted by Crippen LogP contribution is 2.37. The van der Waals surface area contributed by atoms with E-state index < -0.39 is 11.6 Å².